The van der Waals surface area contributed by atoms with Gasteiger partial charge in [0, 0.05) is 5.70 Å². The van der Waals surface area contributed by atoms with Crippen LogP contribution in [0.1, 0.15) is 30.9 Å². The van der Waals surface area contributed by atoms with Crippen LogP contribution in [0.25, 0.3) is 0 Å². The van der Waals surface area contributed by atoms with E-state index in [1.165, 1.54) is 26.0 Å². The number of methoxy groups -OCH3 is 3. The zero-order valence-corrected chi connectivity index (χ0v) is 17.7. The molecule has 9 heteroatoms. The Hall–Kier alpha value is -2.94. The largest absolute Gasteiger partial charge is 0.493 e. The number of nitrogens with zero attached hydrogens (tertiary/aromatic N) is 1. The lowest BCUT2D eigenvalue weighted by atomic mass is 9.82. The molecule has 1 aromatic carbocycles. The second kappa shape index (κ2) is 8.60. The van der Waals surface area contributed by atoms with Gasteiger partial charge in [0.25, 0.3) is 5.56 Å². The van der Waals surface area contributed by atoms with E-state index in [2.05, 4.69) is 15.3 Å². The number of hydrogen-bond acceptors (Lipinski definition) is 8. The van der Waals surface area contributed by atoms with E-state index in [9.17, 15) is 9.59 Å². The summed E-state index contributed by atoms with van der Waals surface area (Å²) in [5.41, 5.74) is 1.65. The summed E-state index contributed by atoms with van der Waals surface area (Å²) >= 11 is 1.43. The standard InChI is InChI=1S/C20H23N3O5S/c1-6-29-20-22-17-16(18(24)23-20)15(14(10(2)21-17)19(25)28-5)11-7-8-12(26-3)13(9-11)27-4/h7-9,15H,6H2,1-5H3,(H2,21,22,23,24). The third-order valence-electron chi connectivity index (χ3n) is 4.65. The van der Waals surface area contributed by atoms with Crippen LogP contribution in [0, 0.1) is 0 Å². The maximum atomic E-state index is 13.0. The van der Waals surface area contributed by atoms with Crippen molar-refractivity contribution in [3.05, 3.63) is 50.9 Å². The Labute approximate surface area is 172 Å². The summed E-state index contributed by atoms with van der Waals surface area (Å²) < 4.78 is 15.7. The summed E-state index contributed by atoms with van der Waals surface area (Å²) in [4.78, 5) is 33.0. The van der Waals surface area contributed by atoms with Crippen molar-refractivity contribution < 1.29 is 19.0 Å². The number of ether oxygens (including phenoxy) is 3. The van der Waals surface area contributed by atoms with Gasteiger partial charge in [0.15, 0.2) is 16.7 Å². The number of fused-ring (bicyclic) bond motifs is 1. The molecule has 0 spiro atoms. The normalized spacial score (nSPS) is 15.4. The van der Waals surface area contributed by atoms with Crippen LogP contribution in [0.15, 0.2) is 39.4 Å². The zero-order valence-electron chi connectivity index (χ0n) is 16.9. The average Bonchev–Trinajstić information content (AvgIpc) is 2.71. The molecule has 3 rings (SSSR count). The highest BCUT2D eigenvalue weighted by Crippen LogP contribution is 2.42. The first-order valence-corrected chi connectivity index (χ1v) is 9.98. The number of thioether (sulfide) groups is 1. The number of carbonyl (C=O) groups is 1. The van der Waals surface area contributed by atoms with Crippen molar-refractivity contribution in [2.24, 2.45) is 0 Å². The van der Waals surface area contributed by atoms with Gasteiger partial charge in [-0.15, -0.1) is 0 Å². The van der Waals surface area contributed by atoms with Crippen LogP contribution in [-0.2, 0) is 9.53 Å². The molecule has 29 heavy (non-hydrogen) atoms. The second-order valence-electron chi connectivity index (χ2n) is 6.27. The van der Waals surface area contributed by atoms with Crippen LogP contribution in [0.2, 0.25) is 0 Å². The van der Waals surface area contributed by atoms with E-state index < -0.39 is 11.9 Å². The van der Waals surface area contributed by atoms with Gasteiger partial charge < -0.3 is 24.5 Å². The second-order valence-corrected chi connectivity index (χ2v) is 7.52. The Kier molecular flexibility index (Phi) is 6.17. The Morgan fingerprint density at radius 1 is 1.21 bits per heavy atom. The van der Waals surface area contributed by atoms with E-state index in [-0.39, 0.29) is 5.56 Å². The zero-order chi connectivity index (χ0) is 21.1. The van der Waals surface area contributed by atoms with E-state index >= 15 is 0 Å². The molecule has 0 bridgehead atoms. The fraction of sp³-hybridized carbons (Fsp3) is 0.350. The Balaban J connectivity index is 2.27. The van der Waals surface area contributed by atoms with Crippen molar-refractivity contribution in [3.8, 4) is 11.5 Å². The first-order valence-electron chi connectivity index (χ1n) is 9.00. The van der Waals surface area contributed by atoms with Crippen molar-refractivity contribution in [3.63, 3.8) is 0 Å². The van der Waals surface area contributed by atoms with Crippen LogP contribution in [0.5, 0.6) is 11.5 Å². The molecule has 0 saturated carbocycles. The van der Waals surface area contributed by atoms with Crippen LogP contribution in [0.4, 0.5) is 5.82 Å². The maximum Gasteiger partial charge on any atom is 0.336 e. The summed E-state index contributed by atoms with van der Waals surface area (Å²) in [5.74, 6) is 1.04. The predicted molar refractivity (Wildman–Crippen MR) is 111 cm³/mol. The molecule has 1 aliphatic heterocycles. The number of carbonyl (C=O) groups excluding carboxylic acids is 1. The molecule has 1 unspecified atom stereocenters. The number of hydrogen-bond donors (Lipinski definition) is 2. The van der Waals surface area contributed by atoms with Gasteiger partial charge >= 0.3 is 5.97 Å². The lowest BCUT2D eigenvalue weighted by Crippen LogP contribution is -2.31. The summed E-state index contributed by atoms with van der Waals surface area (Å²) in [7, 11) is 4.39. The van der Waals surface area contributed by atoms with E-state index in [0.717, 1.165) is 5.75 Å². The number of H-pyrrole nitrogens is 1. The number of allylic oxidation sites excluding steroid dienone is 1. The predicted octanol–water partition coefficient (Wildman–Crippen LogP) is 2.90. The van der Waals surface area contributed by atoms with Gasteiger partial charge in [0.1, 0.15) is 5.82 Å². The van der Waals surface area contributed by atoms with Gasteiger partial charge in [0.05, 0.1) is 38.4 Å². The molecule has 0 radical (unpaired) electrons. The molecule has 8 nitrogen and oxygen atoms in total. The number of anilines is 1. The summed E-state index contributed by atoms with van der Waals surface area (Å²) in [6.45, 7) is 3.74. The van der Waals surface area contributed by atoms with E-state index in [0.29, 0.717) is 44.9 Å². The highest BCUT2D eigenvalue weighted by molar-refractivity contribution is 7.99. The van der Waals surface area contributed by atoms with Crippen molar-refractivity contribution in [2.75, 3.05) is 32.4 Å². The van der Waals surface area contributed by atoms with E-state index in [1.54, 1.807) is 32.2 Å². The highest BCUT2D eigenvalue weighted by Gasteiger charge is 2.36. The fourth-order valence-electron chi connectivity index (χ4n) is 3.38. The minimum atomic E-state index is -0.671. The Morgan fingerprint density at radius 2 is 1.93 bits per heavy atom. The topological polar surface area (TPSA) is 103 Å². The number of nitrogens with one attached hydrogen (secondary N) is 2. The number of esters is 1. The molecule has 1 aromatic heterocycles. The lowest BCUT2D eigenvalue weighted by Gasteiger charge is -2.29. The molecule has 2 N–H and O–H groups in total. The molecule has 0 saturated heterocycles. The molecule has 1 aliphatic rings. The van der Waals surface area contributed by atoms with Crippen LogP contribution in [-0.4, -0.2) is 43.0 Å². The quantitative estimate of drug-likeness (QED) is 0.420. The minimum absolute atomic E-state index is 0.313. The molecule has 0 aliphatic carbocycles. The molecule has 2 heterocycles. The van der Waals surface area contributed by atoms with Crippen molar-refractivity contribution >= 4 is 23.5 Å². The summed E-state index contributed by atoms with van der Waals surface area (Å²) in [5, 5.41) is 3.61. The molecular formula is C20H23N3O5S. The van der Waals surface area contributed by atoms with Crippen LogP contribution < -0.4 is 20.3 Å². The number of aromatic amines is 1. The van der Waals surface area contributed by atoms with Crippen LogP contribution >= 0.6 is 11.8 Å². The lowest BCUT2D eigenvalue weighted by molar-refractivity contribution is -0.136. The van der Waals surface area contributed by atoms with Gasteiger partial charge in [-0.3, -0.25) is 4.79 Å². The molecule has 0 fully saturated rings. The smallest absolute Gasteiger partial charge is 0.336 e. The number of aromatic nitrogens is 2. The molecule has 154 valence electrons. The SMILES string of the molecule is CCSc1nc2c(c(=O)[nH]1)C(c1ccc(OC)c(OC)c1)C(C(=O)OC)=C(C)N2. The molecular weight excluding hydrogens is 394 g/mol. The van der Waals surface area contributed by atoms with Crippen molar-refractivity contribution in [2.45, 2.75) is 24.9 Å². The first kappa shape index (κ1) is 20.8. The number of benzene rings is 1. The van der Waals surface area contributed by atoms with Crippen molar-refractivity contribution in [1.82, 2.24) is 9.97 Å². The fourth-order valence-corrected chi connectivity index (χ4v) is 3.98. The molecule has 0 amide bonds. The van der Waals surface area contributed by atoms with Crippen molar-refractivity contribution in [1.29, 1.82) is 0 Å². The molecule has 2 aromatic rings. The molecule has 1 atom stereocenters. The van der Waals surface area contributed by atoms with Gasteiger partial charge in [0.2, 0.25) is 0 Å². The summed E-state index contributed by atoms with van der Waals surface area (Å²) in [6, 6.07) is 5.29. The first-order chi connectivity index (χ1) is 13.9. The van der Waals surface area contributed by atoms with E-state index in [1.807, 2.05) is 6.92 Å². The van der Waals surface area contributed by atoms with Gasteiger partial charge in [-0.2, -0.15) is 0 Å². The number of rotatable bonds is 6. The van der Waals surface area contributed by atoms with Gasteiger partial charge in [-0.1, -0.05) is 24.8 Å². The van der Waals surface area contributed by atoms with Gasteiger partial charge in [-0.05, 0) is 30.4 Å². The minimum Gasteiger partial charge on any atom is -0.493 e. The Morgan fingerprint density at radius 3 is 2.55 bits per heavy atom. The van der Waals surface area contributed by atoms with Gasteiger partial charge in [-0.25, -0.2) is 9.78 Å². The monoisotopic (exact) mass is 417 g/mol. The van der Waals surface area contributed by atoms with E-state index in [4.69, 9.17) is 14.2 Å². The average molecular weight is 417 g/mol. The third kappa shape index (κ3) is 3.82. The summed E-state index contributed by atoms with van der Waals surface area (Å²) in [6.07, 6.45) is 0. The maximum absolute atomic E-state index is 13.0. The Bertz CT molecular complexity index is 1030. The van der Waals surface area contributed by atoms with Crippen LogP contribution in [0.3, 0.4) is 0 Å². The third-order valence-corrected chi connectivity index (χ3v) is 5.40. The highest BCUT2D eigenvalue weighted by atomic mass is 32.2.